The maximum absolute atomic E-state index is 12.7. The predicted octanol–water partition coefficient (Wildman–Crippen LogP) is -20.6. The molecule has 0 radical (unpaired) electrons. The van der Waals surface area contributed by atoms with Crippen LogP contribution in [-0.2, 0) is 82.9 Å². The van der Waals surface area contributed by atoms with Crippen LogP contribution in [0.1, 0.15) is 0 Å². The summed E-state index contributed by atoms with van der Waals surface area (Å²) in [4.78, 5) is 6.44. The SMILES string of the molecule is Nc1c(N=Nc2ccc(N=Nc3c[c-]ccc3S(=O)(=O)[O-])c3c[c-]c(N=Nc4c[c-]ccc4[N+](=O)[O-])c(O)c23)cc(S(=O)(=O)[O-])c2cc(S(=O)(=O)[O-])c(N=Nc3[c-]ccc(S(=O)(=O)[O-])c3)c(O)c12.O=S(=O)=O.O=S(=O)=O.O=S(=O)=O.O=S(=O)=O.[Na+].[Na+].[Na+].[Na+].[Na+].[Na+].[Na+].[Na+]. The molecule has 0 unspecified atom stereocenters. The number of aromatic hydroxyl groups is 2. The van der Waals surface area contributed by atoms with E-state index in [0.29, 0.717) is 18.2 Å². The largest absolute Gasteiger partial charge is 1.00 e. The third-order valence-electron chi connectivity index (χ3n) is 9.05. The minimum atomic E-state index is -5.73. The monoisotopic (exact) mass is 1500 g/mol. The van der Waals surface area contributed by atoms with Gasteiger partial charge in [0.1, 0.15) is 51.8 Å². The molecule has 0 bridgehead atoms. The third-order valence-corrected chi connectivity index (χ3v) is 12.5. The summed E-state index contributed by atoms with van der Waals surface area (Å²) in [5.74, 6) is -2.20. The number of nitro groups is 1. The van der Waals surface area contributed by atoms with E-state index in [1.54, 1.807) is 0 Å². The Morgan fingerprint density at radius 1 is 0.435 bits per heavy atom. The quantitative estimate of drug-likeness (QED) is 0.0184. The summed E-state index contributed by atoms with van der Waals surface area (Å²) in [6.07, 6.45) is 0. The second-order valence-corrected chi connectivity index (χ2v) is 21.1. The van der Waals surface area contributed by atoms with Gasteiger partial charge in [-0.25, -0.2) is 43.9 Å². The van der Waals surface area contributed by atoms with Crippen molar-refractivity contribution in [3.8, 4) is 11.5 Å². The minimum absolute atomic E-state index is 0. The van der Waals surface area contributed by atoms with Gasteiger partial charge in [0.2, 0.25) is 0 Å². The number of fused-ring (bicyclic) bond motifs is 2. The van der Waals surface area contributed by atoms with Crippen LogP contribution in [0.2, 0.25) is 0 Å². The fourth-order valence-electron chi connectivity index (χ4n) is 6.07. The van der Waals surface area contributed by atoms with Gasteiger partial charge in [0.05, 0.1) is 32.2 Å². The van der Waals surface area contributed by atoms with Crippen LogP contribution in [0.3, 0.4) is 0 Å². The summed E-state index contributed by atoms with van der Waals surface area (Å²) in [6, 6.07) is 23.3. The molecule has 0 heterocycles. The fourth-order valence-corrected chi connectivity index (χ4v) is 8.47. The maximum Gasteiger partial charge on any atom is 1.00 e. The van der Waals surface area contributed by atoms with Crippen molar-refractivity contribution < 1.29 is 354 Å². The van der Waals surface area contributed by atoms with Crippen molar-refractivity contribution in [2.24, 2.45) is 40.9 Å². The van der Waals surface area contributed by atoms with Gasteiger partial charge in [0.15, 0.2) is 11.4 Å². The minimum Gasteiger partial charge on any atom is -0.746 e. The molecule has 0 atom stereocenters. The number of nitro benzene ring substituents is 1. The number of anilines is 1. The standard InChI is InChI=1S/C38H22N10O16S4.8Na.4O3S/c39-35-28(18-31(67(59,60)61)22-17-32(68(62,63)64)36(38(50)34(22)35)47-40-19-6-5-7-20(16-19)65(53,54)55)46-44-26-15-14-23(41-43-25-9-2-4-11-30(25)66(56,57)58)21-12-13-27(37(49)33(21)26)45-42-24-8-1-3-10-29(24)48(51)52;;;;;;;;;4*1-4(2)3/h3-5,7-12,14-18,49-50H,39H2,(H,53,54,55)(H,56,57,58)(H,59,60,61)(H,62,63,64);;;;;;;;;;;;/q-4;8*+1;;;;/p-4. The molecule has 444 valence electrons. The molecule has 0 aliphatic carbocycles. The van der Waals surface area contributed by atoms with Gasteiger partial charge >= 0.3 is 279 Å². The molecule has 0 spiro atoms. The molecule has 0 aliphatic rings. The second-order valence-electron chi connectivity index (χ2n) is 14.1. The molecule has 4 N–H and O–H groups in total. The van der Waals surface area contributed by atoms with E-state index in [2.05, 4.69) is 65.2 Å². The molecule has 0 aromatic heterocycles. The number of hydrogen-bond acceptors (Lipinski definition) is 37. The Morgan fingerprint density at radius 2 is 0.880 bits per heavy atom. The van der Waals surface area contributed by atoms with Crippen molar-refractivity contribution in [3.63, 3.8) is 0 Å². The summed E-state index contributed by atoms with van der Waals surface area (Å²) in [7, 11) is -34.0. The number of phenols is 2. The molecule has 0 fully saturated rings. The predicted molar refractivity (Wildman–Crippen MR) is 264 cm³/mol. The van der Waals surface area contributed by atoms with Crippen LogP contribution in [0.25, 0.3) is 21.5 Å². The molecule has 7 aromatic carbocycles. The summed E-state index contributed by atoms with van der Waals surface area (Å²) in [5, 5.41) is 62.9. The van der Waals surface area contributed by atoms with Gasteiger partial charge in [-0.15, -0.1) is 78.9 Å². The Labute approximate surface area is 700 Å². The molecule has 92 heavy (non-hydrogen) atoms. The molecule has 38 nitrogen and oxygen atoms in total. The zero-order valence-corrected chi connectivity index (χ0v) is 70.0. The number of nitrogen functional groups attached to an aromatic ring is 1. The average molecular weight is 1500 g/mol. The molecule has 0 saturated carbocycles. The molecule has 0 saturated heterocycles. The second kappa shape index (κ2) is 45.9. The van der Waals surface area contributed by atoms with Crippen molar-refractivity contribution in [1.82, 2.24) is 0 Å². The van der Waals surface area contributed by atoms with Gasteiger partial charge in [-0.1, -0.05) is 21.7 Å². The van der Waals surface area contributed by atoms with Gasteiger partial charge in [-0.05, 0) is 40.5 Å². The molecule has 7 aromatic rings. The van der Waals surface area contributed by atoms with Crippen molar-refractivity contribution in [2.45, 2.75) is 19.6 Å². The summed E-state index contributed by atoms with van der Waals surface area (Å²) in [5.41, 5.74) is 0.795. The number of rotatable bonds is 13. The average Bonchev–Trinajstić information content (AvgIpc) is 0.749. The summed E-state index contributed by atoms with van der Waals surface area (Å²) >= 11 is 0. The Balaban J connectivity index is -0.000000692. The van der Waals surface area contributed by atoms with Gasteiger partial charge in [0, 0.05) is 27.4 Å². The topological polar surface area (TPSA) is 642 Å². The van der Waals surface area contributed by atoms with Gasteiger partial charge in [-0.3, -0.25) is 10.1 Å². The summed E-state index contributed by atoms with van der Waals surface area (Å²) in [6.45, 7) is 0. The normalized spacial score (nSPS) is 10.6. The van der Waals surface area contributed by atoms with E-state index in [1.165, 1.54) is 12.1 Å². The third kappa shape index (κ3) is 32.4. The Bertz CT molecular complexity index is 4800. The Kier molecular flexibility index (Phi) is 50.6. The van der Waals surface area contributed by atoms with Crippen molar-refractivity contribution in [1.29, 1.82) is 0 Å². The number of phenolic OH excluding ortho intramolecular Hbond substituents is 2. The van der Waals surface area contributed by atoms with E-state index in [0.717, 1.165) is 54.6 Å². The van der Waals surface area contributed by atoms with E-state index in [1.807, 2.05) is 0 Å². The zero-order valence-electron chi connectivity index (χ0n) is 47.5. The van der Waals surface area contributed by atoms with E-state index in [-0.39, 0.29) is 264 Å². The van der Waals surface area contributed by atoms with Crippen LogP contribution in [-0.4, -0.2) is 118 Å². The van der Waals surface area contributed by atoms with E-state index in [4.69, 9.17) is 56.2 Å². The Morgan fingerprint density at radius 3 is 1.37 bits per heavy atom. The van der Waals surface area contributed by atoms with Crippen LogP contribution in [0, 0.1) is 34.4 Å². The van der Waals surface area contributed by atoms with Crippen molar-refractivity contribution in [3.05, 3.63) is 119 Å². The van der Waals surface area contributed by atoms with E-state index in [9.17, 15) is 72.2 Å². The number of azo groups is 4. The fraction of sp³-hybridized carbons (Fsp3) is 0. The van der Waals surface area contributed by atoms with Crippen LogP contribution in [0.4, 0.5) is 56.9 Å². The number of hydrogen-bond donors (Lipinski definition) is 3. The molecule has 0 aliphatic heterocycles. The van der Waals surface area contributed by atoms with Crippen molar-refractivity contribution in [2.75, 3.05) is 5.73 Å². The summed E-state index contributed by atoms with van der Waals surface area (Å²) < 4.78 is 247. The first kappa shape index (κ1) is 101. The van der Waals surface area contributed by atoms with Gasteiger partial charge in [0.25, 0.3) is 0 Å². The van der Waals surface area contributed by atoms with Gasteiger partial charge < -0.3 is 34.2 Å². The number of nitrogens with zero attached hydrogens (tertiary/aromatic N) is 9. The van der Waals surface area contributed by atoms with Crippen LogP contribution < -0.4 is 242 Å². The van der Waals surface area contributed by atoms with Crippen LogP contribution in [0.15, 0.2) is 145 Å². The maximum atomic E-state index is 12.7. The number of nitrogens with two attached hydrogens (primary N) is 1. The first-order chi connectivity index (χ1) is 38.8. The number of benzene rings is 7. The molecule has 0 amide bonds. The van der Waals surface area contributed by atoms with E-state index >= 15 is 0 Å². The molecular formula is C38H18N10Na8O28S8. The first-order valence-electron chi connectivity index (χ1n) is 19.8. The van der Waals surface area contributed by atoms with Crippen LogP contribution in [0.5, 0.6) is 11.5 Å². The zero-order chi connectivity index (χ0) is 63.8. The first-order valence-corrected chi connectivity index (χ1v) is 29.5. The molecule has 54 heteroatoms. The Hall–Kier alpha value is -1.62. The molecule has 7 rings (SSSR count). The van der Waals surface area contributed by atoms with E-state index < -0.39 is 169 Å². The van der Waals surface area contributed by atoms with Crippen LogP contribution >= 0.6 is 0 Å². The van der Waals surface area contributed by atoms with Gasteiger partial charge in [-0.2, -0.15) is 81.1 Å². The molecular weight excluding hydrogens is 1480 g/mol. The van der Waals surface area contributed by atoms with Crippen molar-refractivity contribution >= 4 is 161 Å². The smallest absolute Gasteiger partial charge is 0.746 e.